The minimum Gasteiger partial charge on any atom is -0.491 e. The summed E-state index contributed by atoms with van der Waals surface area (Å²) < 4.78 is 22.5. The fourth-order valence-electron chi connectivity index (χ4n) is 2.90. The zero-order valence-corrected chi connectivity index (χ0v) is 14.4. The third-order valence-corrected chi connectivity index (χ3v) is 4.17. The molecule has 1 aromatic carbocycles. The number of aliphatic hydroxyl groups is 1. The summed E-state index contributed by atoms with van der Waals surface area (Å²) in [5.41, 5.74) is 0.826. The standard InChI is InChI=1S/C18H23NO5/c1-18(2,20)8-10-23-13-6-5-11-14(16(13)22-4)19-17-12(7-9-24-17)15(11)21-3/h5-7,9,12,15,20H,8,10H2,1-4H3. The van der Waals surface area contributed by atoms with Crippen LogP contribution >= 0.6 is 0 Å². The van der Waals surface area contributed by atoms with Gasteiger partial charge in [0.05, 0.1) is 37.6 Å². The van der Waals surface area contributed by atoms with Gasteiger partial charge in [-0.05, 0) is 26.0 Å². The number of nitrogens with zero attached hydrogens (tertiary/aromatic N) is 1. The third kappa shape index (κ3) is 3.12. The minimum atomic E-state index is -0.778. The summed E-state index contributed by atoms with van der Waals surface area (Å²) in [6, 6.07) is 3.80. The lowest BCUT2D eigenvalue weighted by Crippen LogP contribution is -2.24. The van der Waals surface area contributed by atoms with Crippen molar-refractivity contribution in [1.29, 1.82) is 0 Å². The lowest BCUT2D eigenvalue weighted by atomic mass is 9.91. The lowest BCUT2D eigenvalue weighted by molar-refractivity contribution is 0.0549. The molecule has 0 amide bonds. The van der Waals surface area contributed by atoms with Crippen LogP contribution < -0.4 is 9.47 Å². The number of fused-ring (bicyclic) bond motifs is 2. The highest BCUT2D eigenvalue weighted by molar-refractivity contribution is 5.90. The first-order valence-corrected chi connectivity index (χ1v) is 7.95. The van der Waals surface area contributed by atoms with Crippen molar-refractivity contribution in [2.24, 2.45) is 10.9 Å². The Morgan fingerprint density at radius 1 is 1.29 bits per heavy atom. The third-order valence-electron chi connectivity index (χ3n) is 4.17. The largest absolute Gasteiger partial charge is 0.491 e. The predicted octanol–water partition coefficient (Wildman–Crippen LogP) is 3.13. The normalized spacial score (nSPS) is 21.6. The molecule has 24 heavy (non-hydrogen) atoms. The van der Waals surface area contributed by atoms with E-state index in [0.717, 1.165) is 5.56 Å². The first-order chi connectivity index (χ1) is 11.4. The van der Waals surface area contributed by atoms with Gasteiger partial charge in [0.15, 0.2) is 11.5 Å². The quantitative estimate of drug-likeness (QED) is 0.866. The second kappa shape index (κ2) is 6.45. The van der Waals surface area contributed by atoms with Crippen LogP contribution in [0.3, 0.4) is 0 Å². The Bertz CT molecular complexity index is 675. The first kappa shape index (κ1) is 16.8. The van der Waals surface area contributed by atoms with Gasteiger partial charge in [-0.15, -0.1) is 0 Å². The van der Waals surface area contributed by atoms with Crippen LogP contribution in [0.1, 0.15) is 31.9 Å². The molecule has 0 aromatic heterocycles. The number of benzene rings is 1. The monoisotopic (exact) mass is 333 g/mol. The molecule has 0 saturated carbocycles. The Balaban J connectivity index is 1.92. The average Bonchev–Trinajstić information content (AvgIpc) is 2.99. The maximum absolute atomic E-state index is 9.81. The van der Waals surface area contributed by atoms with E-state index >= 15 is 0 Å². The van der Waals surface area contributed by atoms with E-state index in [4.69, 9.17) is 18.9 Å². The van der Waals surface area contributed by atoms with Gasteiger partial charge < -0.3 is 24.1 Å². The molecule has 0 spiro atoms. The van der Waals surface area contributed by atoms with Crippen LogP contribution in [0.5, 0.6) is 11.5 Å². The fraction of sp³-hybridized carbons (Fsp3) is 0.500. The van der Waals surface area contributed by atoms with E-state index in [1.54, 1.807) is 34.3 Å². The molecule has 130 valence electrons. The Hall–Kier alpha value is -2.05. The molecule has 1 aromatic rings. The van der Waals surface area contributed by atoms with E-state index in [-0.39, 0.29) is 12.0 Å². The van der Waals surface area contributed by atoms with Gasteiger partial charge in [-0.2, -0.15) is 0 Å². The molecular weight excluding hydrogens is 310 g/mol. The summed E-state index contributed by atoms with van der Waals surface area (Å²) in [5.74, 6) is 1.71. The van der Waals surface area contributed by atoms with Crippen LogP contribution in [0.4, 0.5) is 5.69 Å². The second-order valence-corrected chi connectivity index (χ2v) is 6.52. The van der Waals surface area contributed by atoms with Gasteiger partial charge in [0.2, 0.25) is 5.90 Å². The van der Waals surface area contributed by atoms with Crippen molar-refractivity contribution < 1.29 is 24.1 Å². The van der Waals surface area contributed by atoms with Gasteiger partial charge in [0.25, 0.3) is 0 Å². The zero-order chi connectivity index (χ0) is 17.3. The van der Waals surface area contributed by atoms with Gasteiger partial charge in [-0.1, -0.05) is 6.07 Å². The highest BCUT2D eigenvalue weighted by atomic mass is 16.5. The Labute approximate surface area is 141 Å². The van der Waals surface area contributed by atoms with E-state index in [9.17, 15) is 5.11 Å². The summed E-state index contributed by atoms with van der Waals surface area (Å²) in [4.78, 5) is 4.59. The Kier molecular flexibility index (Phi) is 4.51. The number of hydrogen-bond acceptors (Lipinski definition) is 6. The number of hydrogen-bond donors (Lipinski definition) is 1. The number of rotatable bonds is 6. The van der Waals surface area contributed by atoms with Gasteiger partial charge in [-0.3, -0.25) is 0 Å². The van der Waals surface area contributed by atoms with Crippen molar-refractivity contribution in [3.63, 3.8) is 0 Å². The number of ether oxygens (including phenoxy) is 4. The Morgan fingerprint density at radius 3 is 2.75 bits per heavy atom. The van der Waals surface area contributed by atoms with E-state index in [0.29, 0.717) is 36.1 Å². The van der Waals surface area contributed by atoms with Gasteiger partial charge >= 0.3 is 0 Å². The Morgan fingerprint density at radius 2 is 2.08 bits per heavy atom. The molecule has 2 aliphatic rings. The van der Waals surface area contributed by atoms with Gasteiger partial charge in [0, 0.05) is 19.1 Å². The number of methoxy groups -OCH3 is 2. The van der Waals surface area contributed by atoms with Crippen LogP contribution in [0.15, 0.2) is 29.5 Å². The molecule has 0 aliphatic carbocycles. The summed E-state index contributed by atoms with van der Waals surface area (Å²) in [7, 11) is 3.25. The predicted molar refractivity (Wildman–Crippen MR) is 90.0 cm³/mol. The molecule has 0 radical (unpaired) electrons. The summed E-state index contributed by atoms with van der Waals surface area (Å²) in [6.07, 6.45) is 3.91. The zero-order valence-electron chi connectivity index (χ0n) is 14.4. The van der Waals surface area contributed by atoms with Crippen LogP contribution in [0.25, 0.3) is 0 Å². The molecule has 2 atom stereocenters. The van der Waals surface area contributed by atoms with Crippen molar-refractivity contribution in [2.45, 2.75) is 32.0 Å². The highest BCUT2D eigenvalue weighted by Crippen LogP contribution is 2.49. The van der Waals surface area contributed by atoms with Crippen molar-refractivity contribution in [3.05, 3.63) is 30.0 Å². The maximum Gasteiger partial charge on any atom is 0.204 e. The molecule has 0 bridgehead atoms. The van der Waals surface area contributed by atoms with E-state index in [2.05, 4.69) is 4.99 Å². The molecule has 2 aliphatic heterocycles. The SMILES string of the molecule is COc1c(OCCC(C)(C)O)ccc2c1N=C1OC=CC1C2OC. The molecule has 2 heterocycles. The van der Waals surface area contributed by atoms with Crippen molar-refractivity contribution in [2.75, 3.05) is 20.8 Å². The smallest absolute Gasteiger partial charge is 0.204 e. The molecular formula is C18H23NO5. The van der Waals surface area contributed by atoms with Crippen molar-refractivity contribution in [3.8, 4) is 11.5 Å². The minimum absolute atomic E-state index is 0.0193. The fourth-order valence-corrected chi connectivity index (χ4v) is 2.90. The number of aliphatic imine (C=N–C) groups is 1. The summed E-state index contributed by atoms with van der Waals surface area (Å²) in [5, 5.41) is 9.81. The topological polar surface area (TPSA) is 69.5 Å². The second-order valence-electron chi connectivity index (χ2n) is 6.52. The van der Waals surface area contributed by atoms with Crippen LogP contribution in [-0.4, -0.2) is 37.4 Å². The van der Waals surface area contributed by atoms with E-state index in [1.165, 1.54) is 0 Å². The molecule has 3 rings (SSSR count). The molecule has 0 saturated heterocycles. The van der Waals surface area contributed by atoms with Crippen molar-refractivity contribution >= 4 is 11.6 Å². The maximum atomic E-state index is 9.81. The molecule has 6 nitrogen and oxygen atoms in total. The lowest BCUT2D eigenvalue weighted by Gasteiger charge is -2.28. The average molecular weight is 333 g/mol. The van der Waals surface area contributed by atoms with Gasteiger partial charge in [-0.25, -0.2) is 4.99 Å². The first-order valence-electron chi connectivity index (χ1n) is 7.95. The van der Waals surface area contributed by atoms with E-state index in [1.807, 2.05) is 18.2 Å². The molecule has 6 heteroatoms. The van der Waals surface area contributed by atoms with Gasteiger partial charge in [0.1, 0.15) is 5.69 Å². The molecule has 0 fully saturated rings. The van der Waals surface area contributed by atoms with Crippen molar-refractivity contribution in [1.82, 2.24) is 0 Å². The summed E-state index contributed by atoms with van der Waals surface area (Å²) in [6.45, 7) is 3.88. The highest BCUT2D eigenvalue weighted by Gasteiger charge is 2.37. The summed E-state index contributed by atoms with van der Waals surface area (Å²) >= 11 is 0. The van der Waals surface area contributed by atoms with Crippen LogP contribution in [0, 0.1) is 5.92 Å². The van der Waals surface area contributed by atoms with E-state index < -0.39 is 5.60 Å². The van der Waals surface area contributed by atoms with Crippen LogP contribution in [-0.2, 0) is 9.47 Å². The molecule has 1 N–H and O–H groups in total. The molecule has 2 unspecified atom stereocenters. The van der Waals surface area contributed by atoms with Crippen LogP contribution in [0.2, 0.25) is 0 Å².